The average molecular weight is 328 g/mol. The fourth-order valence-corrected chi connectivity index (χ4v) is 3.16. The lowest BCUT2D eigenvalue weighted by Crippen LogP contribution is -2.43. The van der Waals surface area contributed by atoms with Crippen LogP contribution < -0.4 is 11.1 Å². The Hall–Kier alpha value is -2.24. The molecule has 0 saturated carbocycles. The Kier molecular flexibility index (Phi) is 4.92. The van der Waals surface area contributed by atoms with Crippen LogP contribution in [0.3, 0.4) is 0 Å². The number of nitrogens with two attached hydrogens (primary N) is 1. The summed E-state index contributed by atoms with van der Waals surface area (Å²) in [5.74, 6) is -0.641. The van der Waals surface area contributed by atoms with E-state index in [1.165, 1.54) is 29.8 Å². The van der Waals surface area contributed by atoms with Gasteiger partial charge in [-0.15, -0.1) is 0 Å². The van der Waals surface area contributed by atoms with Gasteiger partial charge in [0.05, 0.1) is 6.04 Å². The molecule has 3 rings (SSSR count). The van der Waals surface area contributed by atoms with Crippen LogP contribution in [-0.4, -0.2) is 18.6 Å². The van der Waals surface area contributed by atoms with Crippen molar-refractivity contribution in [1.29, 1.82) is 0 Å². The first-order valence-electron chi connectivity index (χ1n) is 8.11. The molecule has 1 amide bonds. The van der Waals surface area contributed by atoms with Crippen molar-refractivity contribution in [2.24, 2.45) is 5.73 Å². The van der Waals surface area contributed by atoms with Crippen molar-refractivity contribution in [2.45, 2.75) is 31.5 Å². The molecule has 1 unspecified atom stereocenters. The second-order valence-electron chi connectivity index (χ2n) is 5.92. The van der Waals surface area contributed by atoms with E-state index in [-0.39, 0.29) is 23.9 Å². The molecular formula is C19H21FN2O2. The molecular weight excluding hydrogens is 307 g/mol. The number of rotatable bonds is 5. The number of amides is 1. The highest BCUT2D eigenvalue weighted by atomic mass is 19.1. The molecule has 4 nitrogen and oxygen atoms in total. The molecule has 0 fully saturated rings. The Balaban J connectivity index is 1.73. The van der Waals surface area contributed by atoms with E-state index in [4.69, 9.17) is 10.5 Å². The van der Waals surface area contributed by atoms with Gasteiger partial charge >= 0.3 is 0 Å². The minimum Gasteiger partial charge on any atom is -0.372 e. The molecule has 0 spiro atoms. The van der Waals surface area contributed by atoms with E-state index in [1.807, 2.05) is 31.2 Å². The summed E-state index contributed by atoms with van der Waals surface area (Å²) in [6, 6.07) is 12.7. The van der Waals surface area contributed by atoms with E-state index < -0.39 is 6.04 Å². The monoisotopic (exact) mass is 328 g/mol. The normalized spacial score (nSPS) is 20.5. The first-order chi connectivity index (χ1) is 11.6. The highest BCUT2D eigenvalue weighted by molar-refractivity contribution is 5.83. The molecule has 0 heterocycles. The third-order valence-corrected chi connectivity index (χ3v) is 4.35. The van der Waals surface area contributed by atoms with Gasteiger partial charge in [0.25, 0.3) is 0 Å². The molecule has 126 valence electrons. The maximum atomic E-state index is 13.0. The van der Waals surface area contributed by atoms with Crippen LogP contribution in [0.25, 0.3) is 0 Å². The topological polar surface area (TPSA) is 64.3 Å². The minimum atomic E-state index is -0.836. The molecule has 1 aliphatic rings. The SMILES string of the molecule is CCO[C@@H]1c2ccccc2C[C@H]1NC(=O)C(N)c1ccc(F)cc1. The van der Waals surface area contributed by atoms with Gasteiger partial charge < -0.3 is 15.8 Å². The van der Waals surface area contributed by atoms with Gasteiger partial charge in [0, 0.05) is 6.61 Å². The van der Waals surface area contributed by atoms with Crippen LogP contribution >= 0.6 is 0 Å². The summed E-state index contributed by atoms with van der Waals surface area (Å²) in [6.07, 6.45) is 0.540. The lowest BCUT2D eigenvalue weighted by atomic mass is 10.1. The van der Waals surface area contributed by atoms with Gasteiger partial charge in [-0.2, -0.15) is 0 Å². The van der Waals surface area contributed by atoms with Crippen molar-refractivity contribution >= 4 is 5.91 Å². The van der Waals surface area contributed by atoms with Crippen molar-refractivity contribution in [3.63, 3.8) is 0 Å². The van der Waals surface area contributed by atoms with Crippen LogP contribution in [0.5, 0.6) is 0 Å². The standard InChI is InChI=1S/C19H21FN2O2/c1-2-24-18-15-6-4-3-5-13(15)11-16(18)22-19(23)17(21)12-7-9-14(20)10-8-12/h3-10,16-18H,2,11,21H2,1H3,(H,22,23)/t16-,17?,18-/m1/s1. The van der Waals surface area contributed by atoms with E-state index in [0.717, 1.165) is 5.56 Å². The molecule has 0 radical (unpaired) electrons. The second kappa shape index (κ2) is 7.11. The molecule has 0 saturated heterocycles. The van der Waals surface area contributed by atoms with E-state index >= 15 is 0 Å². The number of carbonyl (C=O) groups excluding carboxylic acids is 1. The lowest BCUT2D eigenvalue weighted by Gasteiger charge is -2.23. The number of nitrogens with one attached hydrogen (secondary N) is 1. The summed E-state index contributed by atoms with van der Waals surface area (Å²) in [7, 11) is 0. The van der Waals surface area contributed by atoms with Gasteiger partial charge in [0.2, 0.25) is 5.91 Å². The van der Waals surface area contributed by atoms with Gasteiger partial charge in [0.15, 0.2) is 0 Å². The van der Waals surface area contributed by atoms with Crippen LogP contribution in [-0.2, 0) is 16.0 Å². The maximum Gasteiger partial charge on any atom is 0.241 e. The fraction of sp³-hybridized carbons (Fsp3) is 0.316. The van der Waals surface area contributed by atoms with Gasteiger partial charge in [-0.05, 0) is 42.2 Å². The predicted octanol–water partition coefficient (Wildman–Crippen LogP) is 2.64. The zero-order valence-electron chi connectivity index (χ0n) is 13.5. The van der Waals surface area contributed by atoms with Crippen molar-refractivity contribution in [3.8, 4) is 0 Å². The van der Waals surface area contributed by atoms with Crippen LogP contribution in [0, 0.1) is 5.82 Å². The number of fused-ring (bicyclic) bond motifs is 1. The summed E-state index contributed by atoms with van der Waals surface area (Å²) in [5, 5.41) is 2.99. The summed E-state index contributed by atoms with van der Waals surface area (Å²) in [5.41, 5.74) is 8.89. The van der Waals surface area contributed by atoms with E-state index in [9.17, 15) is 9.18 Å². The fourth-order valence-electron chi connectivity index (χ4n) is 3.16. The largest absolute Gasteiger partial charge is 0.372 e. The smallest absolute Gasteiger partial charge is 0.241 e. The van der Waals surface area contributed by atoms with Crippen molar-refractivity contribution in [1.82, 2.24) is 5.32 Å². The summed E-state index contributed by atoms with van der Waals surface area (Å²) >= 11 is 0. The van der Waals surface area contributed by atoms with Gasteiger partial charge in [-0.3, -0.25) is 4.79 Å². The minimum absolute atomic E-state index is 0.152. The van der Waals surface area contributed by atoms with Crippen LogP contribution in [0.2, 0.25) is 0 Å². The van der Waals surface area contributed by atoms with E-state index in [0.29, 0.717) is 18.6 Å². The van der Waals surface area contributed by atoms with Gasteiger partial charge in [-0.1, -0.05) is 36.4 Å². The third-order valence-electron chi connectivity index (χ3n) is 4.35. The second-order valence-corrected chi connectivity index (χ2v) is 5.92. The quantitative estimate of drug-likeness (QED) is 0.887. The first kappa shape index (κ1) is 16.6. The Morgan fingerprint density at radius 2 is 2.00 bits per heavy atom. The number of hydrogen-bond acceptors (Lipinski definition) is 3. The molecule has 3 atom stereocenters. The Labute approximate surface area is 140 Å². The Morgan fingerprint density at radius 3 is 2.71 bits per heavy atom. The maximum absolute atomic E-state index is 13.0. The van der Waals surface area contributed by atoms with Crippen molar-refractivity contribution in [2.75, 3.05) is 6.61 Å². The van der Waals surface area contributed by atoms with Gasteiger partial charge in [-0.25, -0.2) is 4.39 Å². The summed E-state index contributed by atoms with van der Waals surface area (Å²) in [4.78, 5) is 12.5. The molecule has 0 bridgehead atoms. The lowest BCUT2D eigenvalue weighted by molar-refractivity contribution is -0.124. The predicted molar refractivity (Wildman–Crippen MR) is 89.8 cm³/mol. The van der Waals surface area contributed by atoms with Crippen molar-refractivity contribution < 1.29 is 13.9 Å². The zero-order chi connectivity index (χ0) is 17.1. The Morgan fingerprint density at radius 1 is 1.29 bits per heavy atom. The molecule has 1 aliphatic carbocycles. The van der Waals surface area contributed by atoms with Crippen LogP contribution in [0.4, 0.5) is 4.39 Å². The molecule has 2 aromatic carbocycles. The summed E-state index contributed by atoms with van der Waals surface area (Å²) < 4.78 is 18.8. The number of ether oxygens (including phenoxy) is 1. The number of benzene rings is 2. The molecule has 24 heavy (non-hydrogen) atoms. The molecule has 3 N–H and O–H groups in total. The number of hydrogen-bond donors (Lipinski definition) is 2. The molecule has 5 heteroatoms. The van der Waals surface area contributed by atoms with Crippen LogP contribution in [0.1, 0.15) is 35.8 Å². The average Bonchev–Trinajstić information content (AvgIpc) is 2.93. The first-order valence-corrected chi connectivity index (χ1v) is 8.11. The number of carbonyl (C=O) groups is 1. The Bertz CT molecular complexity index is 718. The van der Waals surface area contributed by atoms with Crippen LogP contribution in [0.15, 0.2) is 48.5 Å². The molecule has 2 aromatic rings. The highest BCUT2D eigenvalue weighted by Gasteiger charge is 2.34. The molecule has 0 aliphatic heterocycles. The van der Waals surface area contributed by atoms with Crippen molar-refractivity contribution in [3.05, 3.63) is 71.0 Å². The van der Waals surface area contributed by atoms with Gasteiger partial charge in [0.1, 0.15) is 18.0 Å². The zero-order valence-corrected chi connectivity index (χ0v) is 13.5. The highest BCUT2D eigenvalue weighted by Crippen LogP contribution is 2.34. The van der Waals surface area contributed by atoms with E-state index in [1.54, 1.807) is 0 Å². The molecule has 0 aromatic heterocycles. The summed E-state index contributed by atoms with van der Waals surface area (Å²) in [6.45, 7) is 2.50. The third kappa shape index (κ3) is 3.32. The van der Waals surface area contributed by atoms with E-state index in [2.05, 4.69) is 5.32 Å². The number of halogens is 1.